The minimum atomic E-state index is -4.37. The first-order valence-corrected chi connectivity index (χ1v) is 10.3. The zero-order valence-corrected chi connectivity index (χ0v) is 17.2. The first-order valence-electron chi connectivity index (χ1n) is 10.3. The lowest BCUT2D eigenvalue weighted by molar-refractivity contribution is -0.137. The molecule has 1 saturated heterocycles. The highest BCUT2D eigenvalue weighted by molar-refractivity contribution is 5.78. The van der Waals surface area contributed by atoms with Crippen LogP contribution in [-0.4, -0.2) is 60.2 Å². The highest BCUT2D eigenvalue weighted by atomic mass is 19.4. The summed E-state index contributed by atoms with van der Waals surface area (Å²) in [6, 6.07) is 10.00. The van der Waals surface area contributed by atoms with Crippen molar-refractivity contribution < 1.29 is 27.5 Å². The predicted octanol–water partition coefficient (Wildman–Crippen LogP) is 3.03. The minimum absolute atomic E-state index is 0.0988. The molecular weight excluding hydrogens is 425 g/mol. The highest BCUT2D eigenvalue weighted by Gasteiger charge is 2.31. The lowest BCUT2D eigenvalue weighted by atomic mass is 10.1. The third-order valence-electron chi connectivity index (χ3n) is 5.36. The Morgan fingerprint density at radius 1 is 1.12 bits per heavy atom. The number of benzene rings is 2. The number of aromatic nitrogens is 1. The van der Waals surface area contributed by atoms with Crippen LogP contribution in [0.15, 0.2) is 46.9 Å². The van der Waals surface area contributed by atoms with Crippen LogP contribution in [-0.2, 0) is 17.4 Å². The van der Waals surface area contributed by atoms with Crippen molar-refractivity contribution in [3.05, 3.63) is 53.9 Å². The van der Waals surface area contributed by atoms with Crippen LogP contribution in [0.5, 0.6) is 5.75 Å². The first-order chi connectivity index (χ1) is 15.3. The number of hydrogen-bond acceptors (Lipinski definition) is 6. The van der Waals surface area contributed by atoms with E-state index in [4.69, 9.17) is 4.42 Å². The molecule has 0 atom stereocenters. The van der Waals surface area contributed by atoms with Crippen molar-refractivity contribution in [2.75, 3.05) is 44.2 Å². The van der Waals surface area contributed by atoms with Crippen LogP contribution in [0.2, 0.25) is 0 Å². The van der Waals surface area contributed by atoms with Crippen LogP contribution < -0.4 is 10.2 Å². The van der Waals surface area contributed by atoms with Gasteiger partial charge >= 0.3 is 6.18 Å². The molecule has 0 radical (unpaired) electrons. The van der Waals surface area contributed by atoms with E-state index >= 15 is 0 Å². The number of rotatable bonds is 6. The van der Waals surface area contributed by atoms with Crippen LogP contribution in [0.1, 0.15) is 11.5 Å². The molecule has 7 nitrogen and oxygen atoms in total. The Balaban J connectivity index is 1.21. The Morgan fingerprint density at radius 2 is 1.91 bits per heavy atom. The van der Waals surface area contributed by atoms with Gasteiger partial charge in [0.15, 0.2) is 11.5 Å². The van der Waals surface area contributed by atoms with Crippen LogP contribution >= 0.6 is 0 Å². The Kier molecular flexibility index (Phi) is 6.22. The van der Waals surface area contributed by atoms with Gasteiger partial charge in [0.25, 0.3) is 0 Å². The molecule has 0 unspecified atom stereocenters. The van der Waals surface area contributed by atoms with Gasteiger partial charge in [-0.3, -0.25) is 9.69 Å². The number of nitrogens with one attached hydrogen (secondary N) is 1. The van der Waals surface area contributed by atoms with Crippen LogP contribution in [0.3, 0.4) is 0 Å². The Labute approximate surface area is 182 Å². The van der Waals surface area contributed by atoms with Crippen LogP contribution in [0.25, 0.3) is 11.1 Å². The molecule has 1 aliphatic rings. The largest absolute Gasteiger partial charge is 0.508 e. The van der Waals surface area contributed by atoms with Crippen molar-refractivity contribution in [2.24, 2.45) is 0 Å². The van der Waals surface area contributed by atoms with Crippen LogP contribution in [0.4, 0.5) is 18.9 Å². The number of phenols is 1. The van der Waals surface area contributed by atoms with Gasteiger partial charge in [0.2, 0.25) is 5.91 Å². The maximum absolute atomic E-state index is 12.9. The number of carbonyl (C=O) groups is 1. The number of fused-ring (bicyclic) bond motifs is 1. The standard InChI is InChI=1S/C22H23F3N4O3/c23-22(24,25)15-2-1-3-16(12-15)29-10-8-28(9-11-29)14-20(31)26-7-6-21-27-18-5-4-17(30)13-19(18)32-21/h1-5,12-13,30H,6-11,14H2,(H,26,31). The molecule has 32 heavy (non-hydrogen) atoms. The van der Waals surface area contributed by atoms with Gasteiger partial charge in [0.05, 0.1) is 12.1 Å². The van der Waals surface area contributed by atoms with E-state index in [1.54, 1.807) is 12.1 Å². The SMILES string of the molecule is O=C(CN1CCN(c2cccc(C(F)(F)F)c2)CC1)NCCc1nc2ccc(O)cc2o1. The van der Waals surface area contributed by atoms with Crippen molar-refractivity contribution in [3.8, 4) is 5.75 Å². The van der Waals surface area contributed by atoms with Gasteiger partial charge < -0.3 is 19.7 Å². The fourth-order valence-electron chi connectivity index (χ4n) is 3.68. The average Bonchev–Trinajstić information content (AvgIpc) is 3.15. The van der Waals surface area contributed by atoms with Gasteiger partial charge in [-0.1, -0.05) is 6.07 Å². The second kappa shape index (κ2) is 9.07. The normalized spacial score (nSPS) is 15.3. The summed E-state index contributed by atoms with van der Waals surface area (Å²) in [6.07, 6.45) is -3.94. The maximum atomic E-state index is 12.9. The van der Waals surface area contributed by atoms with Crippen molar-refractivity contribution in [1.29, 1.82) is 0 Å². The number of amides is 1. The number of aromatic hydroxyl groups is 1. The quantitative estimate of drug-likeness (QED) is 0.604. The Bertz CT molecular complexity index is 1090. The summed E-state index contributed by atoms with van der Waals surface area (Å²) in [7, 11) is 0. The second-order valence-corrected chi connectivity index (χ2v) is 7.67. The summed E-state index contributed by atoms with van der Waals surface area (Å²) in [5.74, 6) is 0.438. The number of anilines is 1. The van der Waals surface area contributed by atoms with Crippen molar-refractivity contribution >= 4 is 22.7 Å². The van der Waals surface area contributed by atoms with E-state index in [1.165, 1.54) is 18.2 Å². The number of alkyl halides is 3. The molecule has 0 aliphatic carbocycles. The number of phenolic OH excluding ortho intramolecular Hbond substituents is 1. The monoisotopic (exact) mass is 448 g/mol. The topological polar surface area (TPSA) is 81.8 Å². The summed E-state index contributed by atoms with van der Waals surface area (Å²) in [4.78, 5) is 20.4. The fourth-order valence-corrected chi connectivity index (χ4v) is 3.68. The van der Waals surface area contributed by atoms with Crippen molar-refractivity contribution in [1.82, 2.24) is 15.2 Å². The maximum Gasteiger partial charge on any atom is 0.416 e. The second-order valence-electron chi connectivity index (χ2n) is 7.67. The molecule has 10 heteroatoms. The molecule has 1 aromatic heterocycles. The third kappa shape index (κ3) is 5.31. The Hall–Kier alpha value is -3.27. The van der Waals surface area contributed by atoms with Gasteiger partial charge in [-0.25, -0.2) is 4.98 Å². The summed E-state index contributed by atoms with van der Waals surface area (Å²) < 4.78 is 44.3. The zero-order chi connectivity index (χ0) is 22.7. The van der Waals surface area contributed by atoms with E-state index in [0.29, 0.717) is 61.8 Å². The third-order valence-corrected chi connectivity index (χ3v) is 5.36. The molecule has 0 bridgehead atoms. The number of hydrogen-bond donors (Lipinski definition) is 2. The van der Waals surface area contributed by atoms with E-state index in [2.05, 4.69) is 10.3 Å². The molecule has 3 aromatic rings. The molecule has 0 saturated carbocycles. The first kappa shape index (κ1) is 21.9. The van der Waals surface area contributed by atoms with Crippen molar-refractivity contribution in [3.63, 3.8) is 0 Å². The summed E-state index contributed by atoms with van der Waals surface area (Å²) in [6.45, 7) is 2.84. The molecule has 2 heterocycles. The molecule has 1 amide bonds. The fraction of sp³-hybridized carbons (Fsp3) is 0.364. The number of nitrogens with zero attached hydrogens (tertiary/aromatic N) is 3. The van der Waals surface area contributed by atoms with Gasteiger partial charge in [-0.2, -0.15) is 13.2 Å². The highest BCUT2D eigenvalue weighted by Crippen LogP contribution is 2.31. The van der Waals surface area contributed by atoms with E-state index in [1.807, 2.05) is 9.80 Å². The minimum Gasteiger partial charge on any atom is -0.508 e. The van der Waals surface area contributed by atoms with Crippen LogP contribution in [0, 0.1) is 0 Å². The molecule has 4 rings (SSSR count). The number of carbonyl (C=O) groups excluding carboxylic acids is 1. The number of halogens is 3. The lowest BCUT2D eigenvalue weighted by Gasteiger charge is -2.36. The molecule has 170 valence electrons. The molecule has 1 fully saturated rings. The van der Waals surface area contributed by atoms with E-state index in [0.717, 1.165) is 12.1 Å². The summed E-state index contributed by atoms with van der Waals surface area (Å²) in [5.41, 5.74) is 1.01. The average molecular weight is 448 g/mol. The number of oxazole rings is 1. The van der Waals surface area contributed by atoms with Crippen molar-refractivity contribution in [2.45, 2.75) is 12.6 Å². The molecule has 2 N–H and O–H groups in total. The summed E-state index contributed by atoms with van der Waals surface area (Å²) in [5, 5.41) is 12.3. The van der Waals surface area contributed by atoms with Gasteiger partial charge in [-0.15, -0.1) is 0 Å². The lowest BCUT2D eigenvalue weighted by Crippen LogP contribution is -2.49. The number of piperazine rings is 1. The van der Waals surface area contributed by atoms with Gasteiger partial charge in [0.1, 0.15) is 11.3 Å². The van der Waals surface area contributed by atoms with E-state index in [9.17, 15) is 23.1 Å². The predicted molar refractivity (Wildman–Crippen MR) is 112 cm³/mol. The molecule has 1 aliphatic heterocycles. The Morgan fingerprint density at radius 3 is 2.66 bits per heavy atom. The molecule has 2 aromatic carbocycles. The smallest absolute Gasteiger partial charge is 0.416 e. The van der Waals surface area contributed by atoms with Gasteiger partial charge in [-0.05, 0) is 30.3 Å². The van der Waals surface area contributed by atoms with E-state index < -0.39 is 11.7 Å². The molecule has 0 spiro atoms. The zero-order valence-electron chi connectivity index (χ0n) is 17.2. The summed E-state index contributed by atoms with van der Waals surface area (Å²) >= 11 is 0. The van der Waals surface area contributed by atoms with Gasteiger partial charge in [0, 0.05) is 50.9 Å². The molecular formula is C22H23F3N4O3. The van der Waals surface area contributed by atoms with E-state index in [-0.39, 0.29) is 18.2 Å².